The molecule has 1 heteroatoms. The summed E-state index contributed by atoms with van der Waals surface area (Å²) < 4.78 is 0. The van der Waals surface area contributed by atoms with Crippen LogP contribution in [0.5, 0.6) is 0 Å². The van der Waals surface area contributed by atoms with E-state index in [4.69, 9.17) is 5.73 Å². The third-order valence-corrected chi connectivity index (χ3v) is 4.02. The predicted molar refractivity (Wildman–Crippen MR) is 88.1 cm³/mol. The molecule has 0 bridgehead atoms. The molecule has 0 aliphatic rings. The molecule has 0 fully saturated rings. The highest BCUT2D eigenvalue weighted by Crippen LogP contribution is 2.36. The van der Waals surface area contributed by atoms with E-state index in [0.29, 0.717) is 0 Å². The molecule has 4 aromatic carbocycles. The smallest absolute Gasteiger partial charge is 0.0320 e. The first-order valence-electron chi connectivity index (χ1n) is 6.84. The number of rotatable bonds is 0. The monoisotopic (exact) mass is 257 g/mol. The van der Waals surface area contributed by atoms with Crippen LogP contribution in [0.15, 0.2) is 60.7 Å². The van der Waals surface area contributed by atoms with Crippen molar-refractivity contribution in [2.45, 2.75) is 6.92 Å². The van der Waals surface area contributed by atoms with Crippen molar-refractivity contribution in [1.29, 1.82) is 0 Å². The molecule has 0 saturated heterocycles. The second-order valence-electron chi connectivity index (χ2n) is 5.40. The third-order valence-electron chi connectivity index (χ3n) is 4.02. The zero-order valence-corrected chi connectivity index (χ0v) is 11.4. The van der Waals surface area contributed by atoms with Crippen molar-refractivity contribution in [2.24, 2.45) is 0 Å². The average molecular weight is 257 g/mol. The number of benzene rings is 4. The highest BCUT2D eigenvalue weighted by atomic mass is 14.5. The number of nitrogen functional groups attached to an aromatic ring is 1. The Bertz CT molecular complexity index is 887. The molecule has 0 radical (unpaired) electrons. The van der Waals surface area contributed by atoms with Crippen molar-refractivity contribution in [3.8, 4) is 0 Å². The summed E-state index contributed by atoms with van der Waals surface area (Å²) in [4.78, 5) is 0. The van der Waals surface area contributed by atoms with Crippen molar-refractivity contribution < 1.29 is 0 Å². The average Bonchev–Trinajstić information content (AvgIpc) is 2.47. The zero-order valence-electron chi connectivity index (χ0n) is 11.4. The van der Waals surface area contributed by atoms with Crippen LogP contribution in [0.4, 0.5) is 5.69 Å². The molecule has 96 valence electrons. The standard InChI is InChI=1S/C19H15N/c1-12-6-8-16-14-4-2-3-5-15(14)17-9-7-13(20)11-19(17)18(16)10-12/h2-11H,20H2,1H3. The van der Waals surface area contributed by atoms with Crippen LogP contribution in [0.3, 0.4) is 0 Å². The van der Waals surface area contributed by atoms with Gasteiger partial charge in [0, 0.05) is 5.69 Å². The Morgan fingerprint density at radius 3 is 1.85 bits per heavy atom. The molecule has 0 aliphatic carbocycles. The molecule has 4 aromatic rings. The van der Waals surface area contributed by atoms with E-state index in [1.165, 1.54) is 37.9 Å². The number of anilines is 1. The van der Waals surface area contributed by atoms with E-state index in [1.807, 2.05) is 6.07 Å². The number of nitrogens with two attached hydrogens (primary N) is 1. The van der Waals surface area contributed by atoms with Crippen LogP contribution >= 0.6 is 0 Å². The number of aryl methyl sites for hydroxylation is 1. The van der Waals surface area contributed by atoms with Gasteiger partial charge in [0.2, 0.25) is 0 Å². The fourth-order valence-corrected chi connectivity index (χ4v) is 3.09. The molecular weight excluding hydrogens is 242 g/mol. The SMILES string of the molecule is Cc1ccc2c3ccccc3c3ccc(N)cc3c2c1. The van der Waals surface area contributed by atoms with Gasteiger partial charge in [-0.25, -0.2) is 0 Å². The van der Waals surface area contributed by atoms with Gasteiger partial charge >= 0.3 is 0 Å². The summed E-state index contributed by atoms with van der Waals surface area (Å²) in [7, 11) is 0. The highest BCUT2D eigenvalue weighted by molar-refractivity contribution is 6.25. The maximum Gasteiger partial charge on any atom is 0.0320 e. The van der Waals surface area contributed by atoms with Crippen molar-refractivity contribution in [3.05, 3.63) is 66.2 Å². The minimum Gasteiger partial charge on any atom is -0.399 e. The summed E-state index contributed by atoms with van der Waals surface area (Å²) >= 11 is 0. The molecule has 2 N–H and O–H groups in total. The molecule has 1 nitrogen and oxygen atoms in total. The van der Waals surface area contributed by atoms with E-state index in [2.05, 4.69) is 61.5 Å². The Hall–Kier alpha value is -2.54. The van der Waals surface area contributed by atoms with Crippen LogP contribution in [0, 0.1) is 6.92 Å². The summed E-state index contributed by atoms with van der Waals surface area (Å²) in [5.41, 5.74) is 8.09. The molecule has 0 amide bonds. The quantitative estimate of drug-likeness (QED) is 0.347. The Morgan fingerprint density at radius 1 is 0.600 bits per heavy atom. The predicted octanol–water partition coefficient (Wildman–Crippen LogP) is 5.04. The van der Waals surface area contributed by atoms with E-state index in [0.717, 1.165) is 5.69 Å². The van der Waals surface area contributed by atoms with Gasteiger partial charge in [-0.05, 0) is 51.4 Å². The normalized spacial score (nSPS) is 11.4. The number of fused-ring (bicyclic) bond motifs is 6. The van der Waals surface area contributed by atoms with Gasteiger partial charge in [-0.2, -0.15) is 0 Å². The molecule has 0 atom stereocenters. The Balaban J connectivity index is 2.41. The van der Waals surface area contributed by atoms with Crippen LogP contribution in [0.1, 0.15) is 5.56 Å². The number of hydrogen-bond acceptors (Lipinski definition) is 1. The van der Waals surface area contributed by atoms with Gasteiger partial charge in [-0.1, -0.05) is 54.1 Å². The van der Waals surface area contributed by atoms with Gasteiger partial charge in [0.1, 0.15) is 0 Å². The summed E-state index contributed by atoms with van der Waals surface area (Å²) in [6, 6.07) is 21.4. The summed E-state index contributed by atoms with van der Waals surface area (Å²) in [5, 5.41) is 7.68. The fourth-order valence-electron chi connectivity index (χ4n) is 3.09. The second-order valence-corrected chi connectivity index (χ2v) is 5.40. The highest BCUT2D eigenvalue weighted by Gasteiger charge is 2.08. The topological polar surface area (TPSA) is 26.0 Å². The largest absolute Gasteiger partial charge is 0.399 e. The van der Waals surface area contributed by atoms with Gasteiger partial charge in [0.25, 0.3) is 0 Å². The third kappa shape index (κ3) is 1.50. The van der Waals surface area contributed by atoms with Crippen LogP contribution in [-0.4, -0.2) is 0 Å². The molecule has 0 spiro atoms. The molecule has 0 aromatic heterocycles. The summed E-state index contributed by atoms with van der Waals surface area (Å²) in [5.74, 6) is 0. The van der Waals surface area contributed by atoms with Gasteiger partial charge in [0.05, 0.1) is 0 Å². The minimum atomic E-state index is 0.815. The van der Waals surface area contributed by atoms with Crippen molar-refractivity contribution in [1.82, 2.24) is 0 Å². The fraction of sp³-hybridized carbons (Fsp3) is 0.0526. The molecule has 4 rings (SSSR count). The lowest BCUT2D eigenvalue weighted by Gasteiger charge is -2.11. The molecule has 0 aliphatic heterocycles. The van der Waals surface area contributed by atoms with Gasteiger partial charge in [0.15, 0.2) is 0 Å². The van der Waals surface area contributed by atoms with E-state index < -0.39 is 0 Å². The molecular formula is C19H15N. The first kappa shape index (κ1) is 11.3. The summed E-state index contributed by atoms with van der Waals surface area (Å²) in [6.07, 6.45) is 0. The van der Waals surface area contributed by atoms with E-state index in [1.54, 1.807) is 0 Å². The maximum atomic E-state index is 6.00. The van der Waals surface area contributed by atoms with Crippen LogP contribution in [0.25, 0.3) is 32.3 Å². The first-order chi connectivity index (χ1) is 9.74. The van der Waals surface area contributed by atoms with Crippen LogP contribution in [-0.2, 0) is 0 Å². The lowest BCUT2D eigenvalue weighted by atomic mass is 9.93. The molecule has 0 saturated carbocycles. The Kier molecular flexibility index (Phi) is 2.25. The lowest BCUT2D eigenvalue weighted by Crippen LogP contribution is -1.87. The van der Waals surface area contributed by atoms with Crippen LogP contribution < -0.4 is 5.73 Å². The van der Waals surface area contributed by atoms with Crippen molar-refractivity contribution >= 4 is 38.0 Å². The Morgan fingerprint density at radius 2 is 1.15 bits per heavy atom. The maximum absolute atomic E-state index is 6.00. The summed E-state index contributed by atoms with van der Waals surface area (Å²) in [6.45, 7) is 2.13. The van der Waals surface area contributed by atoms with Crippen molar-refractivity contribution in [3.63, 3.8) is 0 Å². The van der Waals surface area contributed by atoms with E-state index in [9.17, 15) is 0 Å². The van der Waals surface area contributed by atoms with Gasteiger partial charge in [-0.15, -0.1) is 0 Å². The lowest BCUT2D eigenvalue weighted by molar-refractivity contribution is 1.51. The zero-order chi connectivity index (χ0) is 13.7. The Labute approximate surface area is 117 Å². The van der Waals surface area contributed by atoms with Gasteiger partial charge < -0.3 is 5.73 Å². The van der Waals surface area contributed by atoms with Crippen LogP contribution in [0.2, 0.25) is 0 Å². The van der Waals surface area contributed by atoms with E-state index >= 15 is 0 Å². The first-order valence-corrected chi connectivity index (χ1v) is 6.84. The number of hydrogen-bond donors (Lipinski definition) is 1. The molecule has 0 heterocycles. The molecule has 20 heavy (non-hydrogen) atoms. The van der Waals surface area contributed by atoms with Crippen molar-refractivity contribution in [2.75, 3.05) is 5.73 Å². The minimum absolute atomic E-state index is 0.815. The van der Waals surface area contributed by atoms with E-state index in [-0.39, 0.29) is 0 Å². The second kappa shape index (κ2) is 3.97. The molecule has 0 unspecified atom stereocenters. The van der Waals surface area contributed by atoms with Gasteiger partial charge in [-0.3, -0.25) is 0 Å².